The van der Waals surface area contributed by atoms with E-state index >= 15 is 0 Å². The van der Waals surface area contributed by atoms with Crippen molar-refractivity contribution in [1.82, 2.24) is 15.5 Å². The first-order valence-electron chi connectivity index (χ1n) is 9.54. The van der Waals surface area contributed by atoms with Crippen LogP contribution in [0.4, 0.5) is 4.39 Å². The van der Waals surface area contributed by atoms with Gasteiger partial charge < -0.3 is 15.5 Å². The van der Waals surface area contributed by atoms with E-state index < -0.39 is 0 Å². The second-order valence-corrected chi connectivity index (χ2v) is 7.53. The minimum atomic E-state index is -0.251. The van der Waals surface area contributed by atoms with Gasteiger partial charge in [-0.25, -0.2) is 4.39 Å². The highest BCUT2D eigenvalue weighted by atomic mass is 19.1. The number of likely N-dealkylation sites (tertiary alicyclic amines) is 1. The number of carbonyl (C=O) groups is 2. The van der Waals surface area contributed by atoms with Crippen LogP contribution in [0.15, 0.2) is 18.2 Å². The van der Waals surface area contributed by atoms with Crippen LogP contribution in [-0.4, -0.2) is 42.9 Å². The van der Waals surface area contributed by atoms with Crippen LogP contribution in [0.3, 0.4) is 0 Å². The Labute approximate surface area is 154 Å². The molecule has 3 rings (SSSR count). The van der Waals surface area contributed by atoms with Crippen LogP contribution in [0, 0.1) is 24.6 Å². The predicted octanol–water partition coefficient (Wildman–Crippen LogP) is 1.99. The summed E-state index contributed by atoms with van der Waals surface area (Å²) in [6.07, 6.45) is 3.92. The van der Waals surface area contributed by atoms with Crippen LogP contribution in [0.25, 0.3) is 0 Å². The Balaban J connectivity index is 1.37. The molecule has 1 saturated carbocycles. The molecule has 1 saturated heterocycles. The summed E-state index contributed by atoms with van der Waals surface area (Å²) in [7, 11) is 0. The average molecular weight is 361 g/mol. The lowest BCUT2D eigenvalue weighted by molar-refractivity contribution is -0.135. The van der Waals surface area contributed by atoms with Gasteiger partial charge in [-0.05, 0) is 62.3 Å². The molecule has 5 nitrogen and oxygen atoms in total. The van der Waals surface area contributed by atoms with E-state index in [1.807, 2.05) is 11.0 Å². The lowest BCUT2D eigenvalue weighted by Crippen LogP contribution is -2.45. The van der Waals surface area contributed by atoms with Gasteiger partial charge in [0.15, 0.2) is 0 Å². The van der Waals surface area contributed by atoms with Crippen molar-refractivity contribution >= 4 is 11.8 Å². The molecule has 2 fully saturated rings. The van der Waals surface area contributed by atoms with Crippen LogP contribution in [0.2, 0.25) is 0 Å². The smallest absolute Gasteiger partial charge is 0.236 e. The number of carbonyl (C=O) groups excluding carboxylic acids is 2. The van der Waals surface area contributed by atoms with Crippen molar-refractivity contribution in [3.63, 3.8) is 0 Å². The fraction of sp³-hybridized carbons (Fsp3) is 0.600. The van der Waals surface area contributed by atoms with Crippen molar-refractivity contribution in [3.05, 3.63) is 35.1 Å². The van der Waals surface area contributed by atoms with Crippen molar-refractivity contribution in [1.29, 1.82) is 0 Å². The van der Waals surface area contributed by atoms with E-state index in [0.717, 1.165) is 18.0 Å². The molecule has 0 unspecified atom stereocenters. The summed E-state index contributed by atoms with van der Waals surface area (Å²) < 4.78 is 13.6. The quantitative estimate of drug-likeness (QED) is 0.781. The Bertz CT molecular complexity index is 652. The van der Waals surface area contributed by atoms with Crippen LogP contribution in [-0.2, 0) is 16.1 Å². The maximum Gasteiger partial charge on any atom is 0.236 e. The molecule has 0 spiro atoms. The Morgan fingerprint density at radius 2 is 1.92 bits per heavy atom. The van der Waals surface area contributed by atoms with Crippen LogP contribution >= 0.6 is 0 Å². The summed E-state index contributed by atoms with van der Waals surface area (Å²) in [6, 6.07) is 5.01. The molecule has 0 atom stereocenters. The largest absolute Gasteiger partial charge is 0.352 e. The van der Waals surface area contributed by atoms with E-state index in [4.69, 9.17) is 0 Å². The molecule has 1 aliphatic carbocycles. The number of benzene rings is 1. The summed E-state index contributed by atoms with van der Waals surface area (Å²) in [4.78, 5) is 26.4. The van der Waals surface area contributed by atoms with Gasteiger partial charge in [0, 0.05) is 25.6 Å². The van der Waals surface area contributed by atoms with Gasteiger partial charge in [-0.2, -0.15) is 0 Å². The third-order valence-corrected chi connectivity index (χ3v) is 5.33. The number of aryl methyl sites for hydroxylation is 1. The molecule has 1 aromatic carbocycles. The zero-order chi connectivity index (χ0) is 18.5. The number of halogens is 1. The maximum absolute atomic E-state index is 13.6. The van der Waals surface area contributed by atoms with Gasteiger partial charge in [-0.15, -0.1) is 0 Å². The molecule has 1 aromatic rings. The third-order valence-electron chi connectivity index (χ3n) is 5.33. The number of nitrogens with one attached hydrogen (secondary N) is 2. The van der Waals surface area contributed by atoms with Crippen LogP contribution in [0.5, 0.6) is 0 Å². The van der Waals surface area contributed by atoms with Crippen molar-refractivity contribution in [2.75, 3.05) is 26.2 Å². The highest BCUT2D eigenvalue weighted by Gasteiger charge is 2.27. The molecule has 26 heavy (non-hydrogen) atoms. The average Bonchev–Trinajstić information content (AvgIpc) is 3.47. The molecule has 0 aromatic heterocycles. The van der Waals surface area contributed by atoms with Gasteiger partial charge in [0.05, 0.1) is 6.54 Å². The number of nitrogens with zero attached hydrogens (tertiary/aromatic N) is 1. The topological polar surface area (TPSA) is 61.4 Å². The highest BCUT2D eigenvalue weighted by Crippen LogP contribution is 2.27. The van der Waals surface area contributed by atoms with E-state index in [0.29, 0.717) is 44.6 Å². The Hall–Kier alpha value is -1.95. The van der Waals surface area contributed by atoms with Crippen molar-refractivity contribution in [2.45, 2.75) is 39.2 Å². The number of piperidine rings is 1. The summed E-state index contributed by atoms with van der Waals surface area (Å²) in [5.41, 5.74) is 1.36. The first-order chi connectivity index (χ1) is 12.5. The van der Waals surface area contributed by atoms with Crippen LogP contribution in [0.1, 0.15) is 36.8 Å². The predicted molar refractivity (Wildman–Crippen MR) is 97.9 cm³/mol. The van der Waals surface area contributed by atoms with E-state index in [2.05, 4.69) is 10.6 Å². The molecular weight excluding hydrogens is 333 g/mol. The SMILES string of the molecule is Cc1ccc(CNC(=O)C2CCN(C(=O)CNCC3CC3)CC2)cc1F. The fourth-order valence-corrected chi connectivity index (χ4v) is 3.29. The van der Waals surface area contributed by atoms with Gasteiger partial charge >= 0.3 is 0 Å². The molecular formula is C20H28FN3O2. The summed E-state index contributed by atoms with van der Waals surface area (Å²) in [6.45, 7) is 4.63. The van der Waals surface area contributed by atoms with Crippen molar-refractivity contribution in [3.8, 4) is 0 Å². The summed E-state index contributed by atoms with van der Waals surface area (Å²) in [5.74, 6) is 0.552. The molecule has 0 radical (unpaired) electrons. The van der Waals surface area contributed by atoms with E-state index in [1.54, 1.807) is 13.0 Å². The van der Waals surface area contributed by atoms with E-state index in [9.17, 15) is 14.0 Å². The molecule has 2 amide bonds. The fourth-order valence-electron chi connectivity index (χ4n) is 3.29. The maximum atomic E-state index is 13.6. The number of hydrogen-bond acceptors (Lipinski definition) is 3. The normalized spacial score (nSPS) is 18.0. The second kappa shape index (κ2) is 8.62. The van der Waals surface area contributed by atoms with E-state index in [1.165, 1.54) is 18.9 Å². The van der Waals surface area contributed by atoms with Gasteiger partial charge in [-0.3, -0.25) is 9.59 Å². The molecule has 0 bridgehead atoms. The van der Waals surface area contributed by atoms with Crippen LogP contribution < -0.4 is 10.6 Å². The molecule has 2 aliphatic rings. The molecule has 6 heteroatoms. The molecule has 2 N–H and O–H groups in total. The molecule has 1 aliphatic heterocycles. The molecule has 1 heterocycles. The number of amides is 2. The zero-order valence-corrected chi connectivity index (χ0v) is 15.4. The highest BCUT2D eigenvalue weighted by molar-refractivity contribution is 5.80. The van der Waals surface area contributed by atoms with Gasteiger partial charge in [0.25, 0.3) is 0 Å². The second-order valence-electron chi connectivity index (χ2n) is 7.53. The number of hydrogen-bond donors (Lipinski definition) is 2. The third kappa shape index (κ3) is 5.27. The minimum Gasteiger partial charge on any atom is -0.352 e. The van der Waals surface area contributed by atoms with Gasteiger partial charge in [-0.1, -0.05) is 12.1 Å². The van der Waals surface area contributed by atoms with E-state index in [-0.39, 0.29) is 23.5 Å². The lowest BCUT2D eigenvalue weighted by atomic mass is 9.95. The Kier molecular flexibility index (Phi) is 6.25. The summed E-state index contributed by atoms with van der Waals surface area (Å²) in [5, 5.41) is 6.12. The minimum absolute atomic E-state index is 0.00931. The monoisotopic (exact) mass is 361 g/mol. The first kappa shape index (κ1) is 18.8. The Morgan fingerprint density at radius 1 is 1.19 bits per heavy atom. The summed E-state index contributed by atoms with van der Waals surface area (Å²) >= 11 is 0. The standard InChI is InChI=1S/C20H28FN3O2/c1-14-2-3-16(10-18(14)21)12-23-20(26)17-6-8-24(9-7-17)19(25)13-22-11-15-4-5-15/h2-3,10,15,17,22H,4-9,11-13H2,1H3,(H,23,26). The molecule has 142 valence electrons. The zero-order valence-electron chi connectivity index (χ0n) is 15.4. The Morgan fingerprint density at radius 3 is 2.58 bits per heavy atom. The lowest BCUT2D eigenvalue weighted by Gasteiger charge is -2.31. The number of rotatable bonds is 7. The van der Waals surface area contributed by atoms with Gasteiger partial charge in [0.1, 0.15) is 5.82 Å². The van der Waals surface area contributed by atoms with Crippen molar-refractivity contribution < 1.29 is 14.0 Å². The first-order valence-corrected chi connectivity index (χ1v) is 9.54. The van der Waals surface area contributed by atoms with Gasteiger partial charge in [0.2, 0.25) is 11.8 Å². The van der Waals surface area contributed by atoms with Crippen molar-refractivity contribution in [2.24, 2.45) is 11.8 Å².